The maximum absolute atomic E-state index is 11.9. The first-order valence-electron chi connectivity index (χ1n) is 9.83. The number of primary amides is 1. The Kier molecular flexibility index (Phi) is 5.26. The van der Waals surface area contributed by atoms with E-state index in [1.165, 1.54) is 6.20 Å². The summed E-state index contributed by atoms with van der Waals surface area (Å²) in [6, 6.07) is 9.93. The third kappa shape index (κ3) is 4.27. The van der Waals surface area contributed by atoms with Gasteiger partial charge in [-0.05, 0) is 44.0 Å². The maximum Gasteiger partial charge on any atom is 0.254 e. The molecule has 8 nitrogen and oxygen atoms in total. The molecule has 2 aromatic heterocycles. The largest absolute Gasteiger partial charge is 0.365 e. The number of nitrogens with one attached hydrogen (secondary N) is 2. The molecule has 150 valence electrons. The van der Waals surface area contributed by atoms with Crippen molar-refractivity contribution in [2.75, 3.05) is 10.6 Å². The van der Waals surface area contributed by atoms with Gasteiger partial charge < -0.3 is 22.1 Å². The maximum atomic E-state index is 11.9. The minimum Gasteiger partial charge on any atom is -0.365 e. The Morgan fingerprint density at radius 3 is 2.76 bits per heavy atom. The van der Waals surface area contributed by atoms with E-state index in [0.717, 1.165) is 48.0 Å². The first-order valence-corrected chi connectivity index (χ1v) is 9.83. The van der Waals surface area contributed by atoms with E-state index in [2.05, 4.69) is 25.6 Å². The van der Waals surface area contributed by atoms with Crippen LogP contribution in [0.3, 0.4) is 0 Å². The molecule has 0 saturated heterocycles. The minimum absolute atomic E-state index is 0.0658. The molecule has 0 aliphatic heterocycles. The minimum atomic E-state index is -0.591. The molecule has 1 fully saturated rings. The SMILES string of the molecule is Cc1ccc2cc(Nc3nc(N[C@@H]4CCCC[C@@H]4N)ncc3C(N)=O)ccc2n1. The number of anilines is 3. The molecular weight excluding hydrogens is 366 g/mol. The highest BCUT2D eigenvalue weighted by Crippen LogP contribution is 2.25. The van der Waals surface area contributed by atoms with Crippen molar-refractivity contribution in [3.8, 4) is 0 Å². The van der Waals surface area contributed by atoms with Crippen molar-refractivity contribution in [2.24, 2.45) is 11.5 Å². The molecule has 0 bridgehead atoms. The fraction of sp³-hybridized carbons (Fsp3) is 0.333. The molecule has 0 spiro atoms. The number of amides is 1. The van der Waals surface area contributed by atoms with Gasteiger partial charge in [-0.15, -0.1) is 0 Å². The zero-order valence-corrected chi connectivity index (χ0v) is 16.4. The second-order valence-electron chi connectivity index (χ2n) is 7.50. The molecule has 4 rings (SSSR count). The van der Waals surface area contributed by atoms with Crippen LogP contribution in [0.1, 0.15) is 41.7 Å². The summed E-state index contributed by atoms with van der Waals surface area (Å²) >= 11 is 0. The quantitative estimate of drug-likeness (QED) is 0.526. The van der Waals surface area contributed by atoms with Gasteiger partial charge in [-0.1, -0.05) is 18.9 Å². The van der Waals surface area contributed by atoms with Gasteiger partial charge in [-0.2, -0.15) is 4.98 Å². The molecule has 2 heterocycles. The molecule has 0 radical (unpaired) electrons. The lowest BCUT2D eigenvalue weighted by atomic mass is 9.91. The van der Waals surface area contributed by atoms with Crippen molar-refractivity contribution < 1.29 is 4.79 Å². The smallest absolute Gasteiger partial charge is 0.254 e. The van der Waals surface area contributed by atoms with Gasteiger partial charge in [-0.3, -0.25) is 9.78 Å². The van der Waals surface area contributed by atoms with E-state index in [1.54, 1.807) is 0 Å². The summed E-state index contributed by atoms with van der Waals surface area (Å²) in [4.78, 5) is 25.1. The normalized spacial score (nSPS) is 19.1. The van der Waals surface area contributed by atoms with Crippen molar-refractivity contribution in [2.45, 2.75) is 44.7 Å². The number of rotatable bonds is 5. The number of aryl methyl sites for hydroxylation is 1. The summed E-state index contributed by atoms with van der Waals surface area (Å²) < 4.78 is 0. The van der Waals surface area contributed by atoms with Crippen LogP contribution >= 0.6 is 0 Å². The molecule has 1 aromatic carbocycles. The average molecular weight is 391 g/mol. The zero-order valence-electron chi connectivity index (χ0n) is 16.4. The summed E-state index contributed by atoms with van der Waals surface area (Å²) in [5, 5.41) is 7.50. The van der Waals surface area contributed by atoms with Gasteiger partial charge in [0.25, 0.3) is 5.91 Å². The highest BCUT2D eigenvalue weighted by Gasteiger charge is 2.23. The van der Waals surface area contributed by atoms with Crippen molar-refractivity contribution >= 4 is 34.3 Å². The molecule has 1 aliphatic rings. The number of hydrogen-bond donors (Lipinski definition) is 4. The second-order valence-corrected chi connectivity index (χ2v) is 7.50. The number of benzene rings is 1. The lowest BCUT2D eigenvalue weighted by molar-refractivity contribution is 0.100. The summed E-state index contributed by atoms with van der Waals surface area (Å²) in [7, 11) is 0. The number of fused-ring (bicyclic) bond motifs is 1. The fourth-order valence-electron chi connectivity index (χ4n) is 3.67. The van der Waals surface area contributed by atoms with E-state index in [-0.39, 0.29) is 17.6 Å². The van der Waals surface area contributed by atoms with E-state index in [0.29, 0.717) is 11.8 Å². The van der Waals surface area contributed by atoms with Crippen molar-refractivity contribution in [1.29, 1.82) is 0 Å². The van der Waals surface area contributed by atoms with Crippen LogP contribution in [0.5, 0.6) is 0 Å². The highest BCUT2D eigenvalue weighted by molar-refractivity contribution is 5.98. The van der Waals surface area contributed by atoms with Gasteiger partial charge >= 0.3 is 0 Å². The van der Waals surface area contributed by atoms with Gasteiger partial charge in [0, 0.05) is 35.0 Å². The first-order chi connectivity index (χ1) is 14.0. The van der Waals surface area contributed by atoms with Crippen LogP contribution in [0.4, 0.5) is 17.5 Å². The van der Waals surface area contributed by atoms with Crippen LogP contribution in [0.25, 0.3) is 10.9 Å². The molecule has 1 saturated carbocycles. The number of carbonyl (C=O) groups is 1. The highest BCUT2D eigenvalue weighted by atomic mass is 16.1. The number of nitrogens with two attached hydrogens (primary N) is 2. The average Bonchev–Trinajstić information content (AvgIpc) is 2.70. The third-order valence-corrected chi connectivity index (χ3v) is 5.28. The number of carbonyl (C=O) groups excluding carboxylic acids is 1. The fourth-order valence-corrected chi connectivity index (χ4v) is 3.67. The van der Waals surface area contributed by atoms with Crippen LogP contribution in [0.2, 0.25) is 0 Å². The van der Waals surface area contributed by atoms with Gasteiger partial charge in [-0.25, -0.2) is 4.98 Å². The van der Waals surface area contributed by atoms with E-state index >= 15 is 0 Å². The molecule has 1 amide bonds. The van der Waals surface area contributed by atoms with Crippen LogP contribution in [-0.4, -0.2) is 32.9 Å². The molecule has 6 N–H and O–H groups in total. The molecule has 1 aliphatic carbocycles. The molecule has 8 heteroatoms. The van der Waals surface area contributed by atoms with E-state index in [9.17, 15) is 4.79 Å². The Balaban J connectivity index is 1.62. The molecular formula is C21H25N7O. The summed E-state index contributed by atoms with van der Waals surface area (Å²) in [6.45, 7) is 1.96. The van der Waals surface area contributed by atoms with Gasteiger partial charge in [0.1, 0.15) is 11.4 Å². The van der Waals surface area contributed by atoms with Crippen molar-refractivity contribution in [3.63, 3.8) is 0 Å². The predicted molar refractivity (Wildman–Crippen MR) is 114 cm³/mol. The van der Waals surface area contributed by atoms with Gasteiger partial charge in [0.05, 0.1) is 5.52 Å². The predicted octanol–water partition coefficient (Wildman–Crippen LogP) is 2.86. The molecule has 0 unspecified atom stereocenters. The number of aromatic nitrogens is 3. The van der Waals surface area contributed by atoms with Crippen LogP contribution in [0, 0.1) is 6.92 Å². The third-order valence-electron chi connectivity index (χ3n) is 5.28. The Bertz CT molecular complexity index is 1050. The Morgan fingerprint density at radius 1 is 1.14 bits per heavy atom. The van der Waals surface area contributed by atoms with E-state index in [1.807, 2.05) is 37.3 Å². The lowest BCUT2D eigenvalue weighted by Crippen LogP contribution is -2.43. The van der Waals surface area contributed by atoms with Gasteiger partial charge in [0.15, 0.2) is 0 Å². The Labute approximate surface area is 169 Å². The van der Waals surface area contributed by atoms with E-state index in [4.69, 9.17) is 11.5 Å². The monoisotopic (exact) mass is 391 g/mol. The molecule has 29 heavy (non-hydrogen) atoms. The standard InChI is InChI=1S/C21H25N7O/c1-12-6-7-13-10-14(8-9-17(13)25-12)26-20-15(19(23)29)11-24-21(28-20)27-18-5-3-2-4-16(18)22/h6-11,16,18H,2-5,22H2,1H3,(H2,23,29)(H2,24,26,27,28)/t16-,18+/m0/s1. The second kappa shape index (κ2) is 8.00. The van der Waals surface area contributed by atoms with Gasteiger partial charge in [0.2, 0.25) is 5.95 Å². The summed E-state index contributed by atoms with van der Waals surface area (Å²) in [5.41, 5.74) is 14.6. The van der Waals surface area contributed by atoms with Crippen LogP contribution in [0.15, 0.2) is 36.5 Å². The van der Waals surface area contributed by atoms with Crippen LogP contribution in [-0.2, 0) is 0 Å². The van der Waals surface area contributed by atoms with Crippen molar-refractivity contribution in [3.05, 3.63) is 47.8 Å². The molecule has 2 atom stereocenters. The first kappa shape index (κ1) is 19.1. The number of hydrogen-bond acceptors (Lipinski definition) is 7. The molecule has 3 aromatic rings. The topological polar surface area (TPSA) is 132 Å². The Morgan fingerprint density at radius 2 is 1.97 bits per heavy atom. The summed E-state index contributed by atoms with van der Waals surface area (Å²) in [5.74, 6) is 0.197. The van der Waals surface area contributed by atoms with E-state index < -0.39 is 5.91 Å². The van der Waals surface area contributed by atoms with Crippen molar-refractivity contribution in [1.82, 2.24) is 15.0 Å². The zero-order chi connectivity index (χ0) is 20.4. The number of pyridine rings is 1. The Hall–Kier alpha value is -3.26. The summed E-state index contributed by atoms with van der Waals surface area (Å²) in [6.07, 6.45) is 5.67. The lowest BCUT2D eigenvalue weighted by Gasteiger charge is -2.29. The van der Waals surface area contributed by atoms with Crippen LogP contribution < -0.4 is 22.1 Å². The number of nitrogens with zero attached hydrogens (tertiary/aromatic N) is 3.